The molecule has 0 bridgehead atoms. The highest BCUT2D eigenvalue weighted by molar-refractivity contribution is 6.08. The lowest BCUT2D eigenvalue weighted by molar-refractivity contribution is 1.13. The molecule has 0 aromatic carbocycles. The summed E-state index contributed by atoms with van der Waals surface area (Å²) >= 11 is 0. The first-order valence-electron chi connectivity index (χ1n) is 4.37. The fourth-order valence-electron chi connectivity index (χ4n) is 1.26. The fourth-order valence-corrected chi connectivity index (χ4v) is 1.26. The molecule has 1 aliphatic rings. The van der Waals surface area contributed by atoms with Crippen LogP contribution in [0, 0.1) is 5.41 Å². The van der Waals surface area contributed by atoms with E-state index in [0.29, 0.717) is 5.71 Å². The van der Waals surface area contributed by atoms with Gasteiger partial charge in [-0.05, 0) is 31.6 Å². The highest BCUT2D eigenvalue weighted by Gasteiger charge is 2.08. The Bertz CT molecular complexity index is 330. The number of aliphatic imine (C=N–C) groups is 1. The van der Waals surface area contributed by atoms with Crippen molar-refractivity contribution in [1.29, 1.82) is 5.41 Å². The Morgan fingerprint density at radius 1 is 1.62 bits per heavy atom. The normalized spacial score (nSPS) is 18.5. The smallest absolute Gasteiger partial charge is 0.0686 e. The summed E-state index contributed by atoms with van der Waals surface area (Å²) in [5.41, 5.74) is 3.34. The van der Waals surface area contributed by atoms with Crippen molar-refractivity contribution in [3.63, 3.8) is 0 Å². The van der Waals surface area contributed by atoms with Crippen LogP contribution in [-0.4, -0.2) is 11.4 Å². The van der Waals surface area contributed by atoms with E-state index >= 15 is 0 Å². The van der Waals surface area contributed by atoms with Gasteiger partial charge in [-0.2, -0.15) is 0 Å². The molecule has 68 valence electrons. The highest BCUT2D eigenvalue weighted by Crippen LogP contribution is 2.17. The molecule has 0 aliphatic carbocycles. The van der Waals surface area contributed by atoms with Crippen LogP contribution in [0.3, 0.4) is 0 Å². The second-order valence-corrected chi connectivity index (χ2v) is 2.92. The predicted molar refractivity (Wildman–Crippen MR) is 57.5 cm³/mol. The van der Waals surface area contributed by atoms with Crippen LogP contribution >= 0.6 is 0 Å². The third kappa shape index (κ3) is 2.02. The van der Waals surface area contributed by atoms with Gasteiger partial charge in [0.1, 0.15) is 0 Å². The van der Waals surface area contributed by atoms with E-state index in [-0.39, 0.29) is 0 Å². The molecule has 1 N–H and O–H groups in total. The fraction of sp³-hybridized carbons (Fsp3) is 0.273. The van der Waals surface area contributed by atoms with E-state index in [1.807, 2.05) is 26.0 Å². The zero-order chi connectivity index (χ0) is 9.84. The summed E-state index contributed by atoms with van der Waals surface area (Å²) < 4.78 is 0. The van der Waals surface area contributed by atoms with Crippen molar-refractivity contribution in [2.75, 3.05) is 0 Å². The van der Waals surface area contributed by atoms with Gasteiger partial charge in [-0.1, -0.05) is 13.5 Å². The molecule has 0 unspecified atom stereocenters. The molecule has 1 aliphatic heterocycles. The van der Waals surface area contributed by atoms with Gasteiger partial charge in [-0.15, -0.1) is 0 Å². The van der Waals surface area contributed by atoms with Crippen LogP contribution < -0.4 is 0 Å². The quantitative estimate of drug-likeness (QED) is 0.639. The van der Waals surface area contributed by atoms with Gasteiger partial charge < -0.3 is 5.41 Å². The van der Waals surface area contributed by atoms with Gasteiger partial charge >= 0.3 is 0 Å². The first-order chi connectivity index (χ1) is 6.19. The largest absolute Gasteiger partial charge is 0.301 e. The molecule has 1 rings (SSSR count). The van der Waals surface area contributed by atoms with Crippen molar-refractivity contribution >= 4 is 11.4 Å². The maximum atomic E-state index is 7.65. The molecule has 1 heterocycles. The van der Waals surface area contributed by atoms with Crippen molar-refractivity contribution < 1.29 is 0 Å². The summed E-state index contributed by atoms with van der Waals surface area (Å²) in [5.74, 6) is 0. The molecular weight excluding hydrogens is 160 g/mol. The summed E-state index contributed by atoms with van der Waals surface area (Å²) in [6.45, 7) is 7.57. The summed E-state index contributed by atoms with van der Waals surface area (Å²) in [5, 5.41) is 7.65. The van der Waals surface area contributed by atoms with Crippen LogP contribution in [0.1, 0.15) is 20.3 Å². The SMILES string of the molecule is C=CC(=N)/C(CC)=C1/C=CC(C)=N1. The second kappa shape index (κ2) is 3.99. The maximum Gasteiger partial charge on any atom is 0.0686 e. The Kier molecular flexibility index (Phi) is 2.96. The molecule has 0 radical (unpaired) electrons. The monoisotopic (exact) mass is 174 g/mol. The van der Waals surface area contributed by atoms with Crippen molar-refractivity contribution in [2.24, 2.45) is 4.99 Å². The maximum absolute atomic E-state index is 7.65. The first kappa shape index (κ1) is 9.65. The van der Waals surface area contributed by atoms with Gasteiger partial charge in [0.2, 0.25) is 0 Å². The lowest BCUT2D eigenvalue weighted by Crippen LogP contribution is -1.98. The topological polar surface area (TPSA) is 36.2 Å². The van der Waals surface area contributed by atoms with Crippen molar-refractivity contribution in [3.8, 4) is 0 Å². The molecule has 0 atom stereocenters. The van der Waals surface area contributed by atoms with Crippen LogP contribution in [0.25, 0.3) is 0 Å². The van der Waals surface area contributed by atoms with Crippen molar-refractivity contribution in [2.45, 2.75) is 20.3 Å². The highest BCUT2D eigenvalue weighted by atomic mass is 14.8. The van der Waals surface area contributed by atoms with Gasteiger partial charge in [0, 0.05) is 11.3 Å². The van der Waals surface area contributed by atoms with E-state index in [2.05, 4.69) is 11.6 Å². The summed E-state index contributed by atoms with van der Waals surface area (Å²) in [6.07, 6.45) is 6.29. The molecule has 0 aromatic heterocycles. The summed E-state index contributed by atoms with van der Waals surface area (Å²) in [7, 11) is 0. The molecule has 0 aromatic rings. The molecule has 0 saturated carbocycles. The van der Waals surface area contributed by atoms with E-state index in [1.54, 1.807) is 6.08 Å². The molecule has 0 spiro atoms. The van der Waals surface area contributed by atoms with Crippen LogP contribution in [0.2, 0.25) is 0 Å². The van der Waals surface area contributed by atoms with E-state index < -0.39 is 0 Å². The van der Waals surface area contributed by atoms with E-state index in [4.69, 9.17) is 5.41 Å². The Morgan fingerprint density at radius 2 is 2.31 bits per heavy atom. The molecule has 0 saturated heterocycles. The first-order valence-corrected chi connectivity index (χ1v) is 4.37. The van der Waals surface area contributed by atoms with Gasteiger partial charge in [-0.3, -0.25) is 4.99 Å². The van der Waals surface area contributed by atoms with Crippen LogP contribution in [0.15, 0.2) is 41.1 Å². The predicted octanol–water partition coefficient (Wildman–Crippen LogP) is 2.89. The average molecular weight is 174 g/mol. The van der Waals surface area contributed by atoms with Crippen molar-refractivity contribution in [1.82, 2.24) is 0 Å². The molecule has 2 heteroatoms. The number of hydrogen-bond acceptors (Lipinski definition) is 2. The summed E-state index contributed by atoms with van der Waals surface area (Å²) in [6, 6.07) is 0. The lowest BCUT2D eigenvalue weighted by atomic mass is 10.1. The number of rotatable bonds is 3. The minimum atomic E-state index is 0.473. The zero-order valence-corrected chi connectivity index (χ0v) is 8.09. The number of nitrogens with zero attached hydrogens (tertiary/aromatic N) is 1. The lowest BCUT2D eigenvalue weighted by Gasteiger charge is -2.03. The van der Waals surface area contributed by atoms with Gasteiger partial charge in [-0.25, -0.2) is 0 Å². The molecule has 13 heavy (non-hydrogen) atoms. The van der Waals surface area contributed by atoms with Gasteiger partial charge in [0.05, 0.1) is 11.4 Å². The molecule has 0 amide bonds. The van der Waals surface area contributed by atoms with E-state index in [1.165, 1.54) is 0 Å². The molecule has 2 nitrogen and oxygen atoms in total. The number of hydrogen-bond donors (Lipinski definition) is 1. The zero-order valence-electron chi connectivity index (χ0n) is 8.09. The Labute approximate surface area is 78.9 Å². The third-order valence-electron chi connectivity index (χ3n) is 1.97. The van der Waals surface area contributed by atoms with Crippen molar-refractivity contribution in [3.05, 3.63) is 36.1 Å². The number of allylic oxidation sites excluding steroid dienone is 4. The Hall–Kier alpha value is -1.44. The minimum Gasteiger partial charge on any atom is -0.301 e. The van der Waals surface area contributed by atoms with Gasteiger partial charge in [0.25, 0.3) is 0 Å². The Balaban J connectivity index is 3.07. The molecular formula is C11H14N2. The second-order valence-electron chi connectivity index (χ2n) is 2.92. The van der Waals surface area contributed by atoms with Gasteiger partial charge in [0.15, 0.2) is 0 Å². The van der Waals surface area contributed by atoms with Crippen LogP contribution in [0.5, 0.6) is 0 Å². The van der Waals surface area contributed by atoms with E-state index in [0.717, 1.165) is 23.4 Å². The molecule has 0 fully saturated rings. The van der Waals surface area contributed by atoms with Crippen LogP contribution in [-0.2, 0) is 0 Å². The Morgan fingerprint density at radius 3 is 2.69 bits per heavy atom. The average Bonchev–Trinajstić information content (AvgIpc) is 2.53. The summed E-state index contributed by atoms with van der Waals surface area (Å²) in [4.78, 5) is 4.33. The van der Waals surface area contributed by atoms with Crippen LogP contribution in [0.4, 0.5) is 0 Å². The van der Waals surface area contributed by atoms with E-state index in [9.17, 15) is 0 Å². The number of nitrogens with one attached hydrogen (secondary N) is 1. The third-order valence-corrected chi connectivity index (χ3v) is 1.97. The minimum absolute atomic E-state index is 0.473. The standard InChI is InChI=1S/C11H14N2/c1-4-9(10(12)5-2)11-7-6-8(3)13-11/h5-7,12H,2,4H2,1,3H3/b11-9-,12-10?.